The molecule has 1 amide bonds. The third-order valence-corrected chi connectivity index (χ3v) is 4.39. The molecular weight excluding hydrogens is 278 g/mol. The van der Waals surface area contributed by atoms with Gasteiger partial charge in [0.2, 0.25) is 5.91 Å². The average Bonchev–Trinajstić information content (AvgIpc) is 2.84. The van der Waals surface area contributed by atoms with E-state index in [1.165, 1.54) is 5.56 Å². The van der Waals surface area contributed by atoms with Crippen molar-refractivity contribution in [1.82, 2.24) is 16.2 Å². The fraction of sp³-hybridized carbons (Fsp3) is 0.588. The molecular formula is C17H27N3O2. The standard InChI is InChI=1S/C17H27N3O2/c1-12-16(13(2)20-19-12)11-18-17(21)6-4-5-14-7-9-15(22-3)10-8-14/h7-10,12-13,16,19-20H,4-6,11H2,1-3H3,(H,18,21). The van der Waals surface area contributed by atoms with Crippen LogP contribution in [0.3, 0.4) is 0 Å². The second-order valence-corrected chi connectivity index (χ2v) is 6.04. The van der Waals surface area contributed by atoms with Crippen molar-refractivity contribution in [1.29, 1.82) is 0 Å². The highest BCUT2D eigenvalue weighted by atomic mass is 16.5. The third-order valence-electron chi connectivity index (χ3n) is 4.39. The summed E-state index contributed by atoms with van der Waals surface area (Å²) in [5, 5.41) is 3.05. The minimum absolute atomic E-state index is 0.139. The maximum atomic E-state index is 11.9. The zero-order valence-corrected chi connectivity index (χ0v) is 13.7. The summed E-state index contributed by atoms with van der Waals surface area (Å²) in [6.45, 7) is 5.00. The Morgan fingerprint density at radius 1 is 1.18 bits per heavy atom. The van der Waals surface area contributed by atoms with Crippen LogP contribution in [0.4, 0.5) is 0 Å². The summed E-state index contributed by atoms with van der Waals surface area (Å²) in [5.41, 5.74) is 7.65. The second kappa shape index (κ2) is 8.15. The summed E-state index contributed by atoms with van der Waals surface area (Å²) in [7, 11) is 1.66. The van der Waals surface area contributed by atoms with Crippen molar-refractivity contribution in [2.24, 2.45) is 5.92 Å². The van der Waals surface area contributed by atoms with E-state index in [0.29, 0.717) is 24.4 Å². The Morgan fingerprint density at radius 3 is 2.41 bits per heavy atom. The molecule has 1 fully saturated rings. The predicted molar refractivity (Wildman–Crippen MR) is 87.6 cm³/mol. The number of carbonyl (C=O) groups is 1. The Hall–Kier alpha value is -1.59. The topological polar surface area (TPSA) is 62.4 Å². The van der Waals surface area contributed by atoms with Gasteiger partial charge in [0.1, 0.15) is 5.75 Å². The van der Waals surface area contributed by atoms with Crippen LogP contribution in [0.1, 0.15) is 32.3 Å². The second-order valence-electron chi connectivity index (χ2n) is 6.04. The first-order valence-electron chi connectivity index (χ1n) is 8.01. The van der Waals surface area contributed by atoms with Crippen LogP contribution < -0.4 is 20.9 Å². The van der Waals surface area contributed by atoms with E-state index in [9.17, 15) is 4.79 Å². The Balaban J connectivity index is 1.65. The number of carbonyl (C=O) groups excluding carboxylic acids is 1. The number of hydrazine groups is 1. The lowest BCUT2D eigenvalue weighted by molar-refractivity contribution is -0.121. The molecule has 0 radical (unpaired) electrons. The number of amides is 1. The van der Waals surface area contributed by atoms with Gasteiger partial charge >= 0.3 is 0 Å². The van der Waals surface area contributed by atoms with E-state index in [1.54, 1.807) is 7.11 Å². The highest BCUT2D eigenvalue weighted by molar-refractivity contribution is 5.75. The van der Waals surface area contributed by atoms with Crippen LogP contribution in [0.25, 0.3) is 0 Å². The molecule has 2 rings (SSSR count). The molecule has 0 saturated carbocycles. The summed E-state index contributed by atoms with van der Waals surface area (Å²) in [5.74, 6) is 1.44. The van der Waals surface area contributed by atoms with Gasteiger partial charge in [-0.05, 0) is 44.4 Å². The number of aryl methyl sites for hydroxylation is 1. The molecule has 22 heavy (non-hydrogen) atoms. The van der Waals surface area contributed by atoms with Crippen molar-refractivity contribution in [3.8, 4) is 5.75 Å². The average molecular weight is 305 g/mol. The normalized spacial score (nSPS) is 24.2. The van der Waals surface area contributed by atoms with Gasteiger partial charge < -0.3 is 10.1 Å². The van der Waals surface area contributed by atoms with E-state index < -0.39 is 0 Å². The summed E-state index contributed by atoms with van der Waals surface area (Å²) in [6.07, 6.45) is 2.35. The molecule has 3 N–H and O–H groups in total. The molecule has 1 aliphatic heterocycles. The lowest BCUT2D eigenvalue weighted by Gasteiger charge is -2.18. The molecule has 1 saturated heterocycles. The Bertz CT molecular complexity index is 465. The van der Waals surface area contributed by atoms with Crippen molar-refractivity contribution in [2.45, 2.75) is 45.2 Å². The van der Waals surface area contributed by atoms with E-state index in [2.05, 4.69) is 42.1 Å². The summed E-state index contributed by atoms with van der Waals surface area (Å²) in [6, 6.07) is 8.78. The summed E-state index contributed by atoms with van der Waals surface area (Å²) < 4.78 is 5.14. The summed E-state index contributed by atoms with van der Waals surface area (Å²) in [4.78, 5) is 11.9. The number of hydrogen-bond donors (Lipinski definition) is 3. The first-order valence-corrected chi connectivity index (χ1v) is 8.01. The van der Waals surface area contributed by atoms with Crippen LogP contribution in [-0.4, -0.2) is 31.6 Å². The molecule has 0 aliphatic carbocycles. The van der Waals surface area contributed by atoms with E-state index in [-0.39, 0.29) is 5.91 Å². The molecule has 5 heteroatoms. The van der Waals surface area contributed by atoms with Gasteiger partial charge in [-0.25, -0.2) is 0 Å². The number of benzene rings is 1. The summed E-state index contributed by atoms with van der Waals surface area (Å²) >= 11 is 0. The van der Waals surface area contributed by atoms with Gasteiger partial charge in [0.25, 0.3) is 0 Å². The smallest absolute Gasteiger partial charge is 0.220 e. The van der Waals surface area contributed by atoms with Crippen molar-refractivity contribution in [3.05, 3.63) is 29.8 Å². The van der Waals surface area contributed by atoms with Crippen molar-refractivity contribution < 1.29 is 9.53 Å². The van der Waals surface area contributed by atoms with E-state index in [1.807, 2.05) is 12.1 Å². The number of nitrogens with one attached hydrogen (secondary N) is 3. The van der Waals surface area contributed by atoms with Gasteiger partial charge in [-0.1, -0.05) is 12.1 Å². The minimum Gasteiger partial charge on any atom is -0.497 e. The molecule has 0 spiro atoms. The third kappa shape index (κ3) is 4.71. The van der Waals surface area contributed by atoms with Crippen LogP contribution in [0, 0.1) is 5.92 Å². The van der Waals surface area contributed by atoms with Gasteiger partial charge in [-0.2, -0.15) is 0 Å². The first kappa shape index (κ1) is 16.8. The van der Waals surface area contributed by atoms with E-state index in [0.717, 1.165) is 25.1 Å². The lowest BCUT2D eigenvalue weighted by Crippen LogP contribution is -2.37. The number of rotatable bonds is 7. The van der Waals surface area contributed by atoms with Crippen LogP contribution in [0.2, 0.25) is 0 Å². The van der Waals surface area contributed by atoms with Crippen molar-refractivity contribution in [2.75, 3.05) is 13.7 Å². The molecule has 2 atom stereocenters. The van der Waals surface area contributed by atoms with E-state index >= 15 is 0 Å². The quantitative estimate of drug-likeness (QED) is 0.716. The number of ether oxygens (including phenoxy) is 1. The zero-order valence-electron chi connectivity index (χ0n) is 13.7. The van der Waals surface area contributed by atoms with Gasteiger partial charge in [0, 0.05) is 31.0 Å². The van der Waals surface area contributed by atoms with Gasteiger partial charge in [-0.3, -0.25) is 15.6 Å². The fourth-order valence-corrected chi connectivity index (χ4v) is 2.83. The molecule has 0 aromatic heterocycles. The van der Waals surface area contributed by atoms with Crippen molar-refractivity contribution in [3.63, 3.8) is 0 Å². The van der Waals surface area contributed by atoms with Crippen LogP contribution in [0.15, 0.2) is 24.3 Å². The maximum Gasteiger partial charge on any atom is 0.220 e. The largest absolute Gasteiger partial charge is 0.497 e. The maximum absolute atomic E-state index is 11.9. The Morgan fingerprint density at radius 2 is 1.82 bits per heavy atom. The zero-order chi connectivity index (χ0) is 15.9. The van der Waals surface area contributed by atoms with Gasteiger partial charge in [-0.15, -0.1) is 0 Å². The molecule has 1 aromatic carbocycles. The monoisotopic (exact) mass is 305 g/mol. The molecule has 122 valence electrons. The molecule has 1 heterocycles. The van der Waals surface area contributed by atoms with Gasteiger partial charge in [0.05, 0.1) is 7.11 Å². The van der Waals surface area contributed by atoms with Gasteiger partial charge in [0.15, 0.2) is 0 Å². The number of methoxy groups -OCH3 is 1. The Labute approximate surface area is 132 Å². The molecule has 5 nitrogen and oxygen atoms in total. The minimum atomic E-state index is 0.139. The number of hydrogen-bond acceptors (Lipinski definition) is 4. The molecule has 0 bridgehead atoms. The molecule has 1 aromatic rings. The van der Waals surface area contributed by atoms with Crippen molar-refractivity contribution >= 4 is 5.91 Å². The SMILES string of the molecule is COc1ccc(CCCC(=O)NCC2C(C)NNC2C)cc1. The fourth-order valence-electron chi connectivity index (χ4n) is 2.83. The van der Waals surface area contributed by atoms with Crippen LogP contribution in [-0.2, 0) is 11.2 Å². The Kier molecular flexibility index (Phi) is 6.21. The first-order chi connectivity index (χ1) is 10.6. The highest BCUT2D eigenvalue weighted by Crippen LogP contribution is 2.14. The highest BCUT2D eigenvalue weighted by Gasteiger charge is 2.29. The molecule has 2 unspecified atom stereocenters. The molecule has 1 aliphatic rings. The van der Waals surface area contributed by atoms with Crippen LogP contribution in [0.5, 0.6) is 5.75 Å². The van der Waals surface area contributed by atoms with E-state index in [4.69, 9.17) is 4.74 Å². The van der Waals surface area contributed by atoms with Crippen LogP contribution >= 0.6 is 0 Å². The lowest BCUT2D eigenvalue weighted by atomic mass is 9.96. The predicted octanol–water partition coefficient (Wildman–Crippen LogP) is 1.64.